The minimum absolute atomic E-state index is 0.169. The van der Waals surface area contributed by atoms with Gasteiger partial charge >= 0.3 is 0 Å². The number of primary amides is 1. The van der Waals surface area contributed by atoms with Gasteiger partial charge in [-0.2, -0.15) is 5.10 Å². The number of aromatic nitrogens is 2. The Labute approximate surface area is 159 Å². The van der Waals surface area contributed by atoms with Gasteiger partial charge in [-0.05, 0) is 48.7 Å². The molecule has 0 unspecified atom stereocenters. The Kier molecular flexibility index (Phi) is 5.32. The molecular weight excluding hydrogens is 366 g/mol. The number of amides is 3. The highest BCUT2D eigenvalue weighted by molar-refractivity contribution is 7.12. The third-order valence-electron chi connectivity index (χ3n) is 3.73. The number of rotatable bonds is 6. The maximum atomic E-state index is 12.3. The van der Waals surface area contributed by atoms with Gasteiger partial charge < -0.3 is 16.4 Å². The number of hydrogen-bond donors (Lipinski definition) is 3. The first kappa shape index (κ1) is 18.3. The highest BCUT2D eigenvalue weighted by Gasteiger charge is 2.17. The fraction of sp³-hybridized carbons (Fsp3) is 0.111. The molecule has 0 aliphatic rings. The second-order valence-corrected chi connectivity index (χ2v) is 6.67. The number of carbonyl (C=O) groups excluding carboxylic acids is 3. The monoisotopic (exact) mass is 383 g/mol. The lowest BCUT2D eigenvalue weighted by molar-refractivity contribution is -0.117. The predicted octanol–water partition coefficient (Wildman–Crippen LogP) is 1.79. The van der Waals surface area contributed by atoms with Crippen LogP contribution in [0.2, 0.25) is 0 Å². The SMILES string of the molecule is C[C@@H](NC(=O)c1cccs1)C(=O)Nc1ccc(-n2ccc(C(N)=O)n2)cc1. The summed E-state index contributed by atoms with van der Waals surface area (Å²) in [6.07, 6.45) is 1.62. The number of hydrogen-bond acceptors (Lipinski definition) is 5. The molecule has 0 aliphatic carbocycles. The normalized spacial score (nSPS) is 11.6. The summed E-state index contributed by atoms with van der Waals surface area (Å²) in [7, 11) is 0. The van der Waals surface area contributed by atoms with Crippen LogP contribution in [0, 0.1) is 0 Å². The fourth-order valence-corrected chi connectivity index (χ4v) is 2.92. The molecule has 27 heavy (non-hydrogen) atoms. The highest BCUT2D eigenvalue weighted by Crippen LogP contribution is 2.14. The Bertz CT molecular complexity index is 963. The quantitative estimate of drug-likeness (QED) is 0.601. The van der Waals surface area contributed by atoms with E-state index in [4.69, 9.17) is 5.73 Å². The van der Waals surface area contributed by atoms with Gasteiger partial charge in [0.1, 0.15) is 11.7 Å². The number of carbonyl (C=O) groups is 3. The Balaban J connectivity index is 1.60. The van der Waals surface area contributed by atoms with E-state index in [0.29, 0.717) is 16.3 Å². The van der Waals surface area contributed by atoms with Crippen molar-refractivity contribution in [2.75, 3.05) is 5.32 Å². The molecule has 0 bridgehead atoms. The zero-order valence-corrected chi connectivity index (χ0v) is 15.2. The third kappa shape index (κ3) is 4.39. The number of nitrogens with two attached hydrogens (primary N) is 1. The Hall–Kier alpha value is -3.46. The van der Waals surface area contributed by atoms with E-state index in [1.54, 1.807) is 54.9 Å². The number of anilines is 1. The van der Waals surface area contributed by atoms with Crippen molar-refractivity contribution in [2.24, 2.45) is 5.73 Å². The van der Waals surface area contributed by atoms with Gasteiger partial charge in [-0.1, -0.05) is 6.07 Å². The van der Waals surface area contributed by atoms with Crippen LogP contribution >= 0.6 is 11.3 Å². The van der Waals surface area contributed by atoms with Gasteiger partial charge in [-0.15, -0.1) is 11.3 Å². The molecular formula is C18H17N5O3S. The van der Waals surface area contributed by atoms with Crippen LogP contribution in [-0.4, -0.2) is 33.5 Å². The molecule has 0 saturated heterocycles. The third-order valence-corrected chi connectivity index (χ3v) is 4.60. The van der Waals surface area contributed by atoms with Crippen molar-refractivity contribution in [3.8, 4) is 5.69 Å². The summed E-state index contributed by atoms with van der Waals surface area (Å²) in [6, 6.07) is 11.2. The molecule has 3 amide bonds. The Morgan fingerprint density at radius 2 is 1.89 bits per heavy atom. The summed E-state index contributed by atoms with van der Waals surface area (Å²) >= 11 is 1.31. The number of nitrogens with zero attached hydrogens (tertiary/aromatic N) is 2. The summed E-state index contributed by atoms with van der Waals surface area (Å²) in [5, 5.41) is 11.3. The first-order chi connectivity index (χ1) is 12.9. The van der Waals surface area contributed by atoms with E-state index in [1.165, 1.54) is 22.1 Å². The molecule has 2 aromatic heterocycles. The van der Waals surface area contributed by atoms with Crippen molar-refractivity contribution in [1.82, 2.24) is 15.1 Å². The maximum absolute atomic E-state index is 12.3. The van der Waals surface area contributed by atoms with Crippen LogP contribution < -0.4 is 16.4 Å². The highest BCUT2D eigenvalue weighted by atomic mass is 32.1. The van der Waals surface area contributed by atoms with Gasteiger partial charge in [-0.3, -0.25) is 14.4 Å². The average molecular weight is 383 g/mol. The van der Waals surface area contributed by atoms with Crippen molar-refractivity contribution in [3.63, 3.8) is 0 Å². The van der Waals surface area contributed by atoms with Crippen LogP contribution in [0.1, 0.15) is 27.1 Å². The van der Waals surface area contributed by atoms with E-state index in [9.17, 15) is 14.4 Å². The van der Waals surface area contributed by atoms with Crippen LogP contribution in [0.3, 0.4) is 0 Å². The van der Waals surface area contributed by atoms with Crippen molar-refractivity contribution >= 4 is 34.7 Å². The second-order valence-electron chi connectivity index (χ2n) is 5.72. The molecule has 8 nitrogen and oxygen atoms in total. The van der Waals surface area contributed by atoms with Crippen molar-refractivity contribution in [2.45, 2.75) is 13.0 Å². The Morgan fingerprint density at radius 3 is 2.48 bits per heavy atom. The molecule has 4 N–H and O–H groups in total. The molecule has 2 heterocycles. The maximum Gasteiger partial charge on any atom is 0.269 e. The molecule has 138 valence electrons. The van der Waals surface area contributed by atoms with E-state index in [2.05, 4.69) is 15.7 Å². The summed E-state index contributed by atoms with van der Waals surface area (Å²) in [4.78, 5) is 35.9. The molecule has 1 atom stereocenters. The predicted molar refractivity (Wildman–Crippen MR) is 102 cm³/mol. The summed E-state index contributed by atoms with van der Waals surface area (Å²) < 4.78 is 1.51. The van der Waals surface area contributed by atoms with Crippen LogP contribution in [0.25, 0.3) is 5.69 Å². The van der Waals surface area contributed by atoms with Crippen molar-refractivity contribution in [3.05, 3.63) is 64.6 Å². The van der Waals surface area contributed by atoms with Crippen LogP contribution in [0.5, 0.6) is 0 Å². The molecule has 1 aromatic carbocycles. The fourth-order valence-electron chi connectivity index (χ4n) is 2.29. The molecule has 0 spiro atoms. The van der Waals surface area contributed by atoms with Crippen LogP contribution in [0.15, 0.2) is 54.0 Å². The molecule has 0 radical (unpaired) electrons. The smallest absolute Gasteiger partial charge is 0.269 e. The van der Waals surface area contributed by atoms with E-state index in [1.807, 2.05) is 0 Å². The lowest BCUT2D eigenvalue weighted by Gasteiger charge is -2.14. The van der Waals surface area contributed by atoms with Gasteiger partial charge in [0.2, 0.25) is 5.91 Å². The standard InChI is InChI=1S/C18H17N5O3S/c1-11(20-18(26)15-3-2-10-27-15)17(25)21-12-4-6-13(7-5-12)23-9-8-14(22-23)16(19)24/h2-11H,1H3,(H2,19,24)(H,20,26)(H,21,25)/t11-/m1/s1. The largest absolute Gasteiger partial charge is 0.364 e. The lowest BCUT2D eigenvalue weighted by Crippen LogP contribution is -2.41. The van der Waals surface area contributed by atoms with E-state index in [0.717, 1.165) is 0 Å². The van der Waals surface area contributed by atoms with Gasteiger partial charge in [0, 0.05) is 11.9 Å². The topological polar surface area (TPSA) is 119 Å². The number of nitrogens with one attached hydrogen (secondary N) is 2. The van der Waals surface area contributed by atoms with Gasteiger partial charge in [-0.25, -0.2) is 4.68 Å². The summed E-state index contributed by atoms with van der Waals surface area (Å²) in [5.41, 5.74) is 6.64. The average Bonchev–Trinajstić information content (AvgIpc) is 3.34. The van der Waals surface area contributed by atoms with E-state index >= 15 is 0 Å². The van der Waals surface area contributed by atoms with Gasteiger partial charge in [0.25, 0.3) is 11.8 Å². The number of benzene rings is 1. The Morgan fingerprint density at radius 1 is 1.15 bits per heavy atom. The second kappa shape index (κ2) is 7.83. The molecule has 0 fully saturated rings. The number of thiophene rings is 1. The van der Waals surface area contributed by atoms with E-state index < -0.39 is 11.9 Å². The lowest BCUT2D eigenvalue weighted by atomic mass is 10.2. The van der Waals surface area contributed by atoms with Crippen LogP contribution in [0.4, 0.5) is 5.69 Å². The minimum atomic E-state index is -0.691. The minimum Gasteiger partial charge on any atom is -0.364 e. The molecule has 3 rings (SSSR count). The van der Waals surface area contributed by atoms with E-state index in [-0.39, 0.29) is 17.5 Å². The van der Waals surface area contributed by atoms with Crippen molar-refractivity contribution < 1.29 is 14.4 Å². The summed E-state index contributed by atoms with van der Waals surface area (Å²) in [5.74, 6) is -1.22. The van der Waals surface area contributed by atoms with Crippen molar-refractivity contribution in [1.29, 1.82) is 0 Å². The zero-order chi connectivity index (χ0) is 19.4. The van der Waals surface area contributed by atoms with Gasteiger partial charge in [0.05, 0.1) is 10.6 Å². The molecule has 0 saturated carbocycles. The van der Waals surface area contributed by atoms with Gasteiger partial charge in [0.15, 0.2) is 0 Å². The molecule has 0 aliphatic heterocycles. The first-order valence-electron chi connectivity index (χ1n) is 8.05. The van der Waals surface area contributed by atoms with Crippen LogP contribution in [-0.2, 0) is 4.79 Å². The first-order valence-corrected chi connectivity index (χ1v) is 8.93. The molecule has 9 heteroatoms. The summed E-state index contributed by atoms with van der Waals surface area (Å²) in [6.45, 7) is 1.62. The zero-order valence-electron chi connectivity index (χ0n) is 14.4. The molecule has 3 aromatic rings.